The van der Waals surface area contributed by atoms with Crippen molar-refractivity contribution in [3.05, 3.63) is 41.0 Å². The highest BCUT2D eigenvalue weighted by Gasteiger charge is 2.09. The molecule has 1 aliphatic heterocycles. The van der Waals surface area contributed by atoms with Crippen molar-refractivity contribution >= 4 is 11.8 Å². The van der Waals surface area contributed by atoms with E-state index in [1.54, 1.807) is 0 Å². The maximum Gasteiger partial charge on any atom is 0.0253 e. The van der Waals surface area contributed by atoms with E-state index in [4.69, 9.17) is 5.41 Å². The van der Waals surface area contributed by atoms with Crippen LogP contribution in [0.2, 0.25) is 0 Å². The molecule has 2 rings (SSSR count). The van der Waals surface area contributed by atoms with E-state index in [1.165, 1.54) is 17.3 Å². The van der Waals surface area contributed by atoms with Gasteiger partial charge in [-0.3, -0.25) is 0 Å². The standard InChI is InChI=1S/C13H16N2/c1-2-10(8-14)11-3-4-13-9-15-6-5-12(13)7-11/h2-4,7-8,14-15H,5-6,9H2,1H3/b10-2+,14-8?. The molecule has 78 valence electrons. The Hall–Kier alpha value is -1.41. The third kappa shape index (κ3) is 2.00. The fourth-order valence-corrected chi connectivity index (χ4v) is 1.99. The Labute approximate surface area is 90.5 Å². The molecule has 0 fully saturated rings. The number of allylic oxidation sites excluding steroid dienone is 2. The van der Waals surface area contributed by atoms with Crippen LogP contribution >= 0.6 is 0 Å². The quantitative estimate of drug-likeness (QED) is 0.706. The molecule has 0 aromatic heterocycles. The van der Waals surface area contributed by atoms with Gasteiger partial charge in [0.2, 0.25) is 0 Å². The fraction of sp³-hybridized carbons (Fsp3) is 0.308. The number of hydrogen-bond acceptors (Lipinski definition) is 2. The summed E-state index contributed by atoms with van der Waals surface area (Å²) in [6.07, 6.45) is 4.50. The minimum Gasteiger partial charge on any atom is -0.312 e. The van der Waals surface area contributed by atoms with Gasteiger partial charge in [0, 0.05) is 12.8 Å². The first-order valence-electron chi connectivity index (χ1n) is 5.35. The van der Waals surface area contributed by atoms with Crippen molar-refractivity contribution in [3.8, 4) is 0 Å². The highest BCUT2D eigenvalue weighted by Crippen LogP contribution is 2.20. The van der Waals surface area contributed by atoms with E-state index in [0.717, 1.165) is 30.6 Å². The molecule has 2 heteroatoms. The van der Waals surface area contributed by atoms with Crippen molar-refractivity contribution in [2.75, 3.05) is 6.54 Å². The van der Waals surface area contributed by atoms with E-state index in [9.17, 15) is 0 Å². The van der Waals surface area contributed by atoms with Crippen LogP contribution in [0.5, 0.6) is 0 Å². The van der Waals surface area contributed by atoms with Crippen LogP contribution in [-0.4, -0.2) is 12.8 Å². The Bertz CT molecular complexity index is 405. The normalized spacial score (nSPS) is 15.9. The Morgan fingerprint density at radius 1 is 1.40 bits per heavy atom. The summed E-state index contributed by atoms with van der Waals surface area (Å²) >= 11 is 0. The topological polar surface area (TPSA) is 35.9 Å². The summed E-state index contributed by atoms with van der Waals surface area (Å²) in [6.45, 7) is 4.01. The Kier molecular flexibility index (Phi) is 2.97. The fourth-order valence-electron chi connectivity index (χ4n) is 1.99. The minimum atomic E-state index is 0.978. The van der Waals surface area contributed by atoms with E-state index >= 15 is 0 Å². The number of fused-ring (bicyclic) bond motifs is 1. The van der Waals surface area contributed by atoms with Crippen molar-refractivity contribution in [1.82, 2.24) is 5.32 Å². The second-order valence-corrected chi connectivity index (χ2v) is 3.80. The smallest absolute Gasteiger partial charge is 0.0253 e. The molecule has 0 atom stereocenters. The molecule has 0 amide bonds. The van der Waals surface area contributed by atoms with Gasteiger partial charge < -0.3 is 10.7 Å². The van der Waals surface area contributed by atoms with Gasteiger partial charge in [0.15, 0.2) is 0 Å². The second kappa shape index (κ2) is 4.41. The van der Waals surface area contributed by atoms with Crippen molar-refractivity contribution in [2.24, 2.45) is 0 Å². The van der Waals surface area contributed by atoms with Gasteiger partial charge in [-0.2, -0.15) is 0 Å². The van der Waals surface area contributed by atoms with Gasteiger partial charge in [-0.1, -0.05) is 24.3 Å². The van der Waals surface area contributed by atoms with Crippen LogP contribution in [0.1, 0.15) is 23.6 Å². The maximum absolute atomic E-state index is 7.33. The molecule has 0 saturated heterocycles. The molecule has 0 unspecified atom stereocenters. The SMILES string of the molecule is C/C=C(\C=N)c1ccc2c(c1)CCNC2. The Morgan fingerprint density at radius 3 is 3.00 bits per heavy atom. The number of nitrogens with one attached hydrogen (secondary N) is 2. The molecular weight excluding hydrogens is 184 g/mol. The average Bonchev–Trinajstić information content (AvgIpc) is 2.30. The summed E-state index contributed by atoms with van der Waals surface area (Å²) in [6, 6.07) is 6.49. The van der Waals surface area contributed by atoms with Crippen molar-refractivity contribution in [2.45, 2.75) is 19.9 Å². The molecule has 0 aliphatic carbocycles. The zero-order valence-corrected chi connectivity index (χ0v) is 9.01. The van der Waals surface area contributed by atoms with E-state index in [-0.39, 0.29) is 0 Å². The van der Waals surface area contributed by atoms with Gasteiger partial charge in [-0.25, -0.2) is 0 Å². The summed E-state index contributed by atoms with van der Waals surface area (Å²) in [5.74, 6) is 0. The van der Waals surface area contributed by atoms with Crippen LogP contribution in [0, 0.1) is 5.41 Å². The van der Waals surface area contributed by atoms with Gasteiger partial charge in [-0.05, 0) is 42.2 Å². The molecule has 2 N–H and O–H groups in total. The summed E-state index contributed by atoms with van der Waals surface area (Å²) in [5, 5.41) is 10.7. The van der Waals surface area contributed by atoms with Crippen LogP contribution in [0.4, 0.5) is 0 Å². The van der Waals surface area contributed by atoms with Crippen LogP contribution in [0.15, 0.2) is 24.3 Å². The molecule has 1 heterocycles. The third-order valence-electron chi connectivity index (χ3n) is 2.89. The van der Waals surface area contributed by atoms with Gasteiger partial charge in [0.05, 0.1) is 0 Å². The average molecular weight is 200 g/mol. The zero-order chi connectivity index (χ0) is 10.7. The monoisotopic (exact) mass is 200 g/mol. The second-order valence-electron chi connectivity index (χ2n) is 3.80. The lowest BCUT2D eigenvalue weighted by Gasteiger charge is -2.17. The zero-order valence-electron chi connectivity index (χ0n) is 9.01. The first-order valence-corrected chi connectivity index (χ1v) is 5.35. The third-order valence-corrected chi connectivity index (χ3v) is 2.89. The number of benzene rings is 1. The number of hydrogen-bond donors (Lipinski definition) is 2. The van der Waals surface area contributed by atoms with Crippen molar-refractivity contribution < 1.29 is 0 Å². The largest absolute Gasteiger partial charge is 0.312 e. The van der Waals surface area contributed by atoms with E-state index in [0.29, 0.717) is 0 Å². The first kappa shape index (κ1) is 10.1. The summed E-state index contributed by atoms with van der Waals surface area (Å²) < 4.78 is 0. The molecule has 1 aromatic carbocycles. The highest BCUT2D eigenvalue weighted by molar-refractivity contribution is 6.08. The lowest BCUT2D eigenvalue weighted by molar-refractivity contribution is 0.643. The Morgan fingerprint density at radius 2 is 2.27 bits per heavy atom. The molecule has 15 heavy (non-hydrogen) atoms. The lowest BCUT2D eigenvalue weighted by Crippen LogP contribution is -2.23. The predicted molar refractivity (Wildman–Crippen MR) is 64.3 cm³/mol. The molecule has 1 aliphatic rings. The van der Waals surface area contributed by atoms with Crippen molar-refractivity contribution in [1.29, 1.82) is 5.41 Å². The van der Waals surface area contributed by atoms with Crippen LogP contribution in [0.25, 0.3) is 5.57 Å². The molecule has 0 spiro atoms. The summed E-state index contributed by atoms with van der Waals surface area (Å²) in [4.78, 5) is 0. The summed E-state index contributed by atoms with van der Waals surface area (Å²) in [5.41, 5.74) is 4.97. The summed E-state index contributed by atoms with van der Waals surface area (Å²) in [7, 11) is 0. The molecule has 0 saturated carbocycles. The van der Waals surface area contributed by atoms with Crippen molar-refractivity contribution in [3.63, 3.8) is 0 Å². The minimum absolute atomic E-state index is 0.978. The molecule has 0 bridgehead atoms. The van der Waals surface area contributed by atoms with E-state index in [2.05, 4.69) is 23.5 Å². The van der Waals surface area contributed by atoms with Gasteiger partial charge >= 0.3 is 0 Å². The van der Waals surface area contributed by atoms with E-state index < -0.39 is 0 Å². The predicted octanol–water partition coefficient (Wildman–Crippen LogP) is 2.39. The Balaban J connectivity index is 2.39. The highest BCUT2D eigenvalue weighted by atomic mass is 14.9. The van der Waals surface area contributed by atoms with Gasteiger partial charge in [0.1, 0.15) is 0 Å². The van der Waals surface area contributed by atoms with Gasteiger partial charge in [0.25, 0.3) is 0 Å². The van der Waals surface area contributed by atoms with Crippen LogP contribution in [-0.2, 0) is 13.0 Å². The number of rotatable bonds is 2. The lowest BCUT2D eigenvalue weighted by atomic mass is 9.95. The molecular formula is C13H16N2. The first-order chi connectivity index (χ1) is 7.35. The van der Waals surface area contributed by atoms with Crippen LogP contribution < -0.4 is 5.32 Å². The molecule has 2 nitrogen and oxygen atoms in total. The van der Waals surface area contributed by atoms with E-state index in [1.807, 2.05) is 13.0 Å². The molecule has 0 radical (unpaired) electrons. The maximum atomic E-state index is 7.33. The van der Waals surface area contributed by atoms with Crippen LogP contribution in [0.3, 0.4) is 0 Å². The molecule has 1 aromatic rings. The van der Waals surface area contributed by atoms with Gasteiger partial charge in [-0.15, -0.1) is 0 Å².